The summed E-state index contributed by atoms with van der Waals surface area (Å²) in [5, 5.41) is 13.8. The third-order valence-corrected chi connectivity index (χ3v) is 4.60. The first kappa shape index (κ1) is 16.8. The maximum atomic E-state index is 12.5. The Morgan fingerprint density at radius 3 is 2.80 bits per heavy atom. The van der Waals surface area contributed by atoms with Crippen LogP contribution in [0.25, 0.3) is 5.52 Å². The predicted molar refractivity (Wildman–Crippen MR) is 93.0 cm³/mol. The van der Waals surface area contributed by atoms with Gasteiger partial charge in [0.15, 0.2) is 0 Å². The quantitative estimate of drug-likeness (QED) is 0.687. The summed E-state index contributed by atoms with van der Waals surface area (Å²) in [6.07, 6.45) is 3.69. The summed E-state index contributed by atoms with van der Waals surface area (Å²) < 4.78 is 9.12. The molecule has 128 valence electrons. The van der Waals surface area contributed by atoms with Gasteiger partial charge in [-0.25, -0.2) is 0 Å². The molecule has 0 aliphatic rings. The average Bonchev–Trinajstić information content (AvgIpc) is 3.08. The Morgan fingerprint density at radius 2 is 2.16 bits per heavy atom. The summed E-state index contributed by atoms with van der Waals surface area (Å²) in [6, 6.07) is 7.84. The van der Waals surface area contributed by atoms with Crippen LogP contribution in [-0.4, -0.2) is 20.2 Å². The van der Waals surface area contributed by atoms with Gasteiger partial charge in [0.2, 0.25) is 0 Å². The molecule has 0 aromatic carbocycles. The number of esters is 1. The third-order valence-electron chi connectivity index (χ3n) is 4.60. The van der Waals surface area contributed by atoms with Crippen LogP contribution in [0.1, 0.15) is 40.9 Å². The maximum absolute atomic E-state index is 12.5. The van der Waals surface area contributed by atoms with Crippen LogP contribution >= 0.6 is 0 Å². The number of ether oxygens (including phenoxy) is 1. The zero-order valence-corrected chi connectivity index (χ0v) is 14.8. The molecular weight excluding hydrogens is 316 g/mol. The third kappa shape index (κ3) is 2.89. The van der Waals surface area contributed by atoms with E-state index < -0.39 is 5.92 Å². The van der Waals surface area contributed by atoms with Crippen molar-refractivity contribution in [3.05, 3.63) is 58.7 Å². The molecule has 3 aromatic rings. The molecular formula is C19H20N4O2. The van der Waals surface area contributed by atoms with E-state index >= 15 is 0 Å². The van der Waals surface area contributed by atoms with E-state index in [2.05, 4.69) is 11.2 Å². The predicted octanol–water partition coefficient (Wildman–Crippen LogP) is 3.01. The van der Waals surface area contributed by atoms with Crippen LogP contribution < -0.4 is 0 Å². The second kappa shape index (κ2) is 6.44. The normalized spacial score (nSPS) is 12.1. The van der Waals surface area contributed by atoms with Crippen LogP contribution in [0.5, 0.6) is 0 Å². The zero-order valence-electron chi connectivity index (χ0n) is 14.8. The fourth-order valence-electron chi connectivity index (χ4n) is 3.22. The Kier molecular flexibility index (Phi) is 4.32. The van der Waals surface area contributed by atoms with Crippen molar-refractivity contribution in [2.45, 2.75) is 33.3 Å². The summed E-state index contributed by atoms with van der Waals surface area (Å²) in [7, 11) is 1.86. The molecule has 0 fully saturated rings. The highest BCUT2D eigenvalue weighted by Gasteiger charge is 2.24. The number of nitriles is 1. The standard InChI is InChI=1S/C19H20N4O2/c1-12(18-13(2)21-22(4)14(18)3)19(24)25-11-15-10-23-8-6-5-7-17(23)16(15)9-20/h5-8,10,12H,11H2,1-4H3/t12-/m0/s1. The SMILES string of the molecule is Cc1nn(C)c(C)c1[C@H](C)C(=O)OCc1cn2ccccc2c1C#N. The number of pyridine rings is 1. The fraction of sp³-hybridized carbons (Fsp3) is 0.316. The lowest BCUT2D eigenvalue weighted by molar-refractivity contribution is -0.146. The average molecular weight is 336 g/mol. The first-order valence-corrected chi connectivity index (χ1v) is 8.09. The topological polar surface area (TPSA) is 72.3 Å². The Bertz CT molecular complexity index is 991. The van der Waals surface area contributed by atoms with Gasteiger partial charge in [-0.15, -0.1) is 0 Å². The van der Waals surface area contributed by atoms with Gasteiger partial charge in [-0.1, -0.05) is 6.07 Å². The second-order valence-electron chi connectivity index (χ2n) is 6.17. The first-order valence-electron chi connectivity index (χ1n) is 8.09. The van der Waals surface area contributed by atoms with Gasteiger partial charge in [0.1, 0.15) is 12.7 Å². The molecule has 0 aliphatic heterocycles. The number of hydrogen-bond acceptors (Lipinski definition) is 4. The molecule has 0 saturated carbocycles. The largest absolute Gasteiger partial charge is 0.460 e. The zero-order chi connectivity index (χ0) is 18.1. The van der Waals surface area contributed by atoms with Gasteiger partial charge >= 0.3 is 5.97 Å². The molecule has 1 atom stereocenters. The number of rotatable bonds is 4. The number of aryl methyl sites for hydroxylation is 2. The maximum Gasteiger partial charge on any atom is 0.313 e. The van der Waals surface area contributed by atoms with Crippen molar-refractivity contribution in [3.8, 4) is 6.07 Å². The van der Waals surface area contributed by atoms with E-state index in [0.717, 1.165) is 22.5 Å². The Morgan fingerprint density at radius 1 is 1.40 bits per heavy atom. The van der Waals surface area contributed by atoms with E-state index in [1.165, 1.54) is 0 Å². The Hall–Kier alpha value is -3.07. The van der Waals surface area contributed by atoms with E-state index in [1.807, 2.05) is 62.8 Å². The van der Waals surface area contributed by atoms with E-state index in [1.54, 1.807) is 4.68 Å². The summed E-state index contributed by atoms with van der Waals surface area (Å²) >= 11 is 0. The van der Waals surface area contributed by atoms with E-state index in [0.29, 0.717) is 11.1 Å². The van der Waals surface area contributed by atoms with Gasteiger partial charge in [0, 0.05) is 36.3 Å². The summed E-state index contributed by atoms with van der Waals surface area (Å²) in [6.45, 7) is 5.72. The van der Waals surface area contributed by atoms with Crippen molar-refractivity contribution in [3.63, 3.8) is 0 Å². The molecule has 25 heavy (non-hydrogen) atoms. The molecule has 0 radical (unpaired) electrons. The van der Waals surface area contributed by atoms with Crippen molar-refractivity contribution < 1.29 is 9.53 Å². The molecule has 0 bridgehead atoms. The second-order valence-corrected chi connectivity index (χ2v) is 6.17. The molecule has 0 N–H and O–H groups in total. The van der Waals surface area contributed by atoms with Crippen LogP contribution in [0.3, 0.4) is 0 Å². The van der Waals surface area contributed by atoms with Crippen LogP contribution in [0.15, 0.2) is 30.6 Å². The summed E-state index contributed by atoms with van der Waals surface area (Å²) in [5.74, 6) is -0.727. The molecule has 3 rings (SSSR count). The van der Waals surface area contributed by atoms with Gasteiger partial charge in [0.05, 0.1) is 22.7 Å². The number of carbonyl (C=O) groups excluding carboxylic acids is 1. The Labute approximate surface area is 146 Å². The van der Waals surface area contributed by atoms with E-state index in [-0.39, 0.29) is 12.6 Å². The smallest absolute Gasteiger partial charge is 0.313 e. The number of carbonyl (C=O) groups is 1. The minimum Gasteiger partial charge on any atom is -0.460 e. The lowest BCUT2D eigenvalue weighted by Gasteiger charge is -2.12. The molecule has 3 heterocycles. The van der Waals surface area contributed by atoms with Crippen molar-refractivity contribution in [2.24, 2.45) is 7.05 Å². The van der Waals surface area contributed by atoms with Gasteiger partial charge in [0.25, 0.3) is 0 Å². The number of nitrogens with zero attached hydrogens (tertiary/aromatic N) is 4. The lowest BCUT2D eigenvalue weighted by atomic mass is 9.99. The van der Waals surface area contributed by atoms with Crippen molar-refractivity contribution in [1.29, 1.82) is 5.26 Å². The Balaban J connectivity index is 1.80. The number of hydrogen-bond donors (Lipinski definition) is 0. The molecule has 3 aromatic heterocycles. The van der Waals surface area contributed by atoms with Crippen molar-refractivity contribution in [2.75, 3.05) is 0 Å². The van der Waals surface area contributed by atoms with E-state index in [9.17, 15) is 10.1 Å². The summed E-state index contributed by atoms with van der Waals surface area (Å²) in [4.78, 5) is 12.5. The molecule has 6 nitrogen and oxygen atoms in total. The highest BCUT2D eigenvalue weighted by atomic mass is 16.5. The minimum absolute atomic E-state index is 0.0755. The first-order chi connectivity index (χ1) is 11.9. The van der Waals surface area contributed by atoms with Crippen LogP contribution in [0, 0.1) is 25.2 Å². The summed E-state index contributed by atoms with van der Waals surface area (Å²) in [5.41, 5.74) is 4.73. The van der Waals surface area contributed by atoms with Gasteiger partial charge in [-0.3, -0.25) is 9.48 Å². The number of aromatic nitrogens is 3. The van der Waals surface area contributed by atoms with Crippen LogP contribution in [0.2, 0.25) is 0 Å². The van der Waals surface area contributed by atoms with Crippen molar-refractivity contribution in [1.82, 2.24) is 14.2 Å². The van der Waals surface area contributed by atoms with Gasteiger partial charge in [-0.2, -0.15) is 10.4 Å². The highest BCUT2D eigenvalue weighted by molar-refractivity contribution is 5.78. The van der Waals surface area contributed by atoms with Gasteiger partial charge in [-0.05, 0) is 32.9 Å². The molecule has 0 aliphatic carbocycles. The molecule has 0 unspecified atom stereocenters. The van der Waals surface area contributed by atoms with Crippen LogP contribution in [0.4, 0.5) is 0 Å². The molecule has 6 heteroatoms. The van der Waals surface area contributed by atoms with Crippen molar-refractivity contribution >= 4 is 11.5 Å². The monoisotopic (exact) mass is 336 g/mol. The lowest BCUT2D eigenvalue weighted by Crippen LogP contribution is -2.14. The van der Waals surface area contributed by atoms with Crippen LogP contribution in [-0.2, 0) is 23.2 Å². The van der Waals surface area contributed by atoms with Gasteiger partial charge < -0.3 is 9.14 Å². The van der Waals surface area contributed by atoms with E-state index in [4.69, 9.17) is 4.74 Å². The fourth-order valence-corrected chi connectivity index (χ4v) is 3.22. The minimum atomic E-state index is -0.406. The molecule has 0 spiro atoms. The highest BCUT2D eigenvalue weighted by Crippen LogP contribution is 2.25. The molecule has 0 amide bonds. The molecule has 0 saturated heterocycles. The number of fused-ring (bicyclic) bond motifs is 1.